The molecule has 8 nitrogen and oxygen atoms in total. The van der Waals surface area contributed by atoms with Crippen molar-refractivity contribution in [2.24, 2.45) is 0 Å². The first-order valence-corrected chi connectivity index (χ1v) is 8.05. The van der Waals surface area contributed by atoms with Gasteiger partial charge in [0, 0.05) is 13.7 Å². The lowest BCUT2D eigenvalue weighted by Crippen LogP contribution is -2.43. The molecule has 0 saturated heterocycles. The first-order chi connectivity index (χ1) is 11.0. The van der Waals surface area contributed by atoms with Crippen LogP contribution in [0, 0.1) is 0 Å². The van der Waals surface area contributed by atoms with Gasteiger partial charge < -0.3 is 19.5 Å². The smallest absolute Gasteiger partial charge is 0.442 e. The maximum atomic E-state index is 12.1. The molecule has 0 aliphatic heterocycles. The van der Waals surface area contributed by atoms with Gasteiger partial charge in [0.05, 0.1) is 13.2 Å². The molecule has 0 aromatic heterocycles. The minimum Gasteiger partial charge on any atom is -0.442 e. The summed E-state index contributed by atoms with van der Waals surface area (Å²) in [5, 5.41) is 3.67. The molecular formula is C16H32N2O6. The van der Waals surface area contributed by atoms with Crippen LogP contribution in [-0.4, -0.2) is 61.9 Å². The van der Waals surface area contributed by atoms with E-state index in [2.05, 4.69) is 5.32 Å². The molecule has 2 amide bonds. The van der Waals surface area contributed by atoms with Crippen molar-refractivity contribution in [3.05, 3.63) is 0 Å². The van der Waals surface area contributed by atoms with Crippen LogP contribution in [0.4, 0.5) is 9.59 Å². The summed E-state index contributed by atoms with van der Waals surface area (Å²) in [7, 11) is 1.63. The summed E-state index contributed by atoms with van der Waals surface area (Å²) in [6.07, 6.45) is -1.19. The Labute approximate surface area is 144 Å². The molecule has 24 heavy (non-hydrogen) atoms. The molecule has 0 unspecified atom stereocenters. The van der Waals surface area contributed by atoms with E-state index in [4.69, 9.17) is 19.0 Å². The number of imide groups is 1. The number of amides is 2. The normalized spacial score (nSPS) is 12.0. The minimum atomic E-state index is -0.899. The van der Waals surface area contributed by atoms with Crippen LogP contribution in [0.3, 0.4) is 0 Å². The second-order valence-electron chi connectivity index (χ2n) is 7.18. The molecule has 0 saturated carbocycles. The van der Waals surface area contributed by atoms with Gasteiger partial charge in [0.15, 0.2) is 0 Å². The molecule has 0 aliphatic carbocycles. The summed E-state index contributed by atoms with van der Waals surface area (Å²) in [5.41, 5.74) is -1.50. The van der Waals surface area contributed by atoms with E-state index >= 15 is 0 Å². The number of rotatable bonds is 8. The van der Waals surface area contributed by atoms with Gasteiger partial charge in [0.25, 0.3) is 0 Å². The van der Waals surface area contributed by atoms with Crippen LogP contribution in [0.2, 0.25) is 0 Å². The van der Waals surface area contributed by atoms with Crippen molar-refractivity contribution < 1.29 is 28.6 Å². The Morgan fingerprint density at radius 3 is 1.79 bits per heavy atom. The molecule has 0 fully saturated rings. The molecule has 0 heterocycles. The van der Waals surface area contributed by atoms with Crippen molar-refractivity contribution in [1.82, 2.24) is 10.4 Å². The van der Waals surface area contributed by atoms with Crippen molar-refractivity contribution in [1.29, 1.82) is 0 Å². The third-order valence-corrected chi connectivity index (χ3v) is 2.32. The van der Waals surface area contributed by atoms with Gasteiger partial charge in [-0.3, -0.25) is 4.84 Å². The zero-order valence-corrected chi connectivity index (χ0v) is 15.9. The molecule has 0 spiro atoms. The van der Waals surface area contributed by atoms with Crippen LogP contribution in [0.15, 0.2) is 0 Å². The molecule has 0 rings (SSSR count). The van der Waals surface area contributed by atoms with Crippen molar-refractivity contribution in [3.8, 4) is 0 Å². The van der Waals surface area contributed by atoms with Gasteiger partial charge in [-0.2, -0.15) is 0 Å². The van der Waals surface area contributed by atoms with Gasteiger partial charge in [-0.05, 0) is 54.5 Å². The van der Waals surface area contributed by atoms with E-state index in [0.717, 1.165) is 6.54 Å². The second-order valence-corrected chi connectivity index (χ2v) is 7.18. The number of ether oxygens (including phenoxy) is 3. The Balaban J connectivity index is 4.53. The lowest BCUT2D eigenvalue weighted by Gasteiger charge is -2.27. The molecule has 0 aliphatic rings. The Hall–Kier alpha value is -1.38. The van der Waals surface area contributed by atoms with Crippen LogP contribution in [0.25, 0.3) is 0 Å². The lowest BCUT2D eigenvalue weighted by atomic mass is 10.2. The minimum absolute atomic E-state index is 0.165. The molecule has 8 heteroatoms. The topological polar surface area (TPSA) is 86.3 Å². The predicted octanol–water partition coefficient (Wildman–Crippen LogP) is 2.72. The van der Waals surface area contributed by atoms with E-state index in [1.807, 2.05) is 0 Å². The quantitative estimate of drug-likeness (QED) is 0.533. The molecule has 142 valence electrons. The van der Waals surface area contributed by atoms with Crippen LogP contribution in [0.1, 0.15) is 48.0 Å². The van der Waals surface area contributed by atoms with Crippen LogP contribution >= 0.6 is 0 Å². The maximum absolute atomic E-state index is 12.1. The average Bonchev–Trinajstić information content (AvgIpc) is 2.37. The number of carbonyl (C=O) groups is 2. The third-order valence-electron chi connectivity index (χ3n) is 2.32. The predicted molar refractivity (Wildman–Crippen MR) is 89.6 cm³/mol. The Morgan fingerprint density at radius 2 is 1.38 bits per heavy atom. The molecular weight excluding hydrogens is 316 g/mol. The van der Waals surface area contributed by atoms with Crippen LogP contribution in [-0.2, 0) is 19.0 Å². The Morgan fingerprint density at radius 1 is 0.875 bits per heavy atom. The summed E-state index contributed by atoms with van der Waals surface area (Å²) in [4.78, 5) is 29.6. The van der Waals surface area contributed by atoms with Gasteiger partial charge in [-0.1, -0.05) is 5.06 Å². The van der Waals surface area contributed by atoms with Crippen molar-refractivity contribution in [2.45, 2.75) is 59.2 Å². The fraction of sp³-hybridized carbons (Fsp3) is 0.875. The number of nitrogens with one attached hydrogen (secondary N) is 1. The number of methoxy groups -OCH3 is 1. The number of hydrogen-bond donors (Lipinski definition) is 1. The fourth-order valence-electron chi connectivity index (χ4n) is 1.44. The second kappa shape index (κ2) is 10.5. The van der Waals surface area contributed by atoms with Crippen LogP contribution in [0.5, 0.6) is 0 Å². The molecule has 0 atom stereocenters. The van der Waals surface area contributed by atoms with Crippen molar-refractivity contribution in [2.75, 3.05) is 33.4 Å². The third kappa shape index (κ3) is 12.1. The average molecular weight is 348 g/mol. The maximum Gasteiger partial charge on any atom is 0.444 e. The van der Waals surface area contributed by atoms with Crippen molar-refractivity contribution in [3.63, 3.8) is 0 Å². The summed E-state index contributed by atoms with van der Waals surface area (Å²) in [6.45, 7) is 12.4. The van der Waals surface area contributed by atoms with E-state index in [1.165, 1.54) is 0 Å². The first-order valence-electron chi connectivity index (χ1n) is 8.05. The van der Waals surface area contributed by atoms with Crippen LogP contribution < -0.4 is 5.32 Å². The van der Waals surface area contributed by atoms with E-state index < -0.39 is 23.4 Å². The molecule has 0 aromatic carbocycles. The number of hydrogen-bond acceptors (Lipinski definition) is 7. The summed E-state index contributed by atoms with van der Waals surface area (Å²) in [6, 6.07) is 0. The zero-order chi connectivity index (χ0) is 18.8. The van der Waals surface area contributed by atoms with Crippen molar-refractivity contribution >= 4 is 12.2 Å². The highest BCUT2D eigenvalue weighted by molar-refractivity contribution is 5.86. The first kappa shape index (κ1) is 22.6. The summed E-state index contributed by atoms with van der Waals surface area (Å²) >= 11 is 0. The van der Waals surface area contributed by atoms with E-state index in [-0.39, 0.29) is 6.61 Å². The standard InChI is InChI=1S/C16H32N2O6/c1-15(2,3)23-13(19)18(14(20)24-16(4,5)6)22-11-8-9-17-10-12-21-7/h17H,8-12H2,1-7H3. The zero-order valence-electron chi connectivity index (χ0n) is 15.9. The number of hydroxylamine groups is 2. The summed E-state index contributed by atoms with van der Waals surface area (Å²) < 4.78 is 15.3. The molecule has 1 N–H and O–H groups in total. The van der Waals surface area contributed by atoms with E-state index in [9.17, 15) is 9.59 Å². The highest BCUT2D eigenvalue weighted by Crippen LogP contribution is 2.14. The fourth-order valence-corrected chi connectivity index (χ4v) is 1.44. The lowest BCUT2D eigenvalue weighted by molar-refractivity contribution is -0.138. The van der Waals surface area contributed by atoms with Gasteiger partial charge in [-0.15, -0.1) is 0 Å². The van der Waals surface area contributed by atoms with Gasteiger partial charge >= 0.3 is 12.2 Å². The molecule has 0 bridgehead atoms. The molecule has 0 radical (unpaired) electrons. The van der Waals surface area contributed by atoms with Gasteiger partial charge in [-0.25, -0.2) is 9.59 Å². The Kier molecular flexibility index (Phi) is 9.88. The highest BCUT2D eigenvalue weighted by Gasteiger charge is 2.32. The van der Waals surface area contributed by atoms with E-state index in [0.29, 0.717) is 24.6 Å². The monoisotopic (exact) mass is 348 g/mol. The highest BCUT2D eigenvalue weighted by atomic mass is 16.8. The summed E-state index contributed by atoms with van der Waals surface area (Å²) in [5.74, 6) is 0. The SMILES string of the molecule is COCCNCCCON(C(=O)OC(C)(C)C)C(=O)OC(C)(C)C. The largest absolute Gasteiger partial charge is 0.444 e. The van der Waals surface area contributed by atoms with Gasteiger partial charge in [0.1, 0.15) is 11.2 Å². The van der Waals surface area contributed by atoms with E-state index in [1.54, 1.807) is 48.7 Å². The number of carbonyl (C=O) groups excluding carboxylic acids is 2. The molecule has 0 aromatic rings. The van der Waals surface area contributed by atoms with Gasteiger partial charge in [0.2, 0.25) is 0 Å². The Bertz CT molecular complexity index is 359. The number of nitrogens with zero attached hydrogens (tertiary/aromatic N) is 1.